The lowest BCUT2D eigenvalue weighted by atomic mass is 9.90. The molecule has 11 heteroatoms. The lowest BCUT2D eigenvalue weighted by Gasteiger charge is -2.30. The SMILES string of the molecule is Cc1cc(-c2cnc3c(ccn3S(=O)(=O)C3(C)C=CC=C(c4ccc(C(=O)N(C)C)cc4)C3)c2)cc2c1CCN(CCNC(=O)OC(C)(C)C)C2. The van der Waals surface area contributed by atoms with Gasteiger partial charge in [0.25, 0.3) is 5.91 Å². The summed E-state index contributed by atoms with van der Waals surface area (Å²) >= 11 is 0. The van der Waals surface area contributed by atoms with E-state index in [9.17, 15) is 18.0 Å². The van der Waals surface area contributed by atoms with Crippen LogP contribution in [0.15, 0.2) is 79.2 Å². The maximum absolute atomic E-state index is 14.3. The summed E-state index contributed by atoms with van der Waals surface area (Å²) in [5.74, 6) is -0.0865. The predicted molar refractivity (Wildman–Crippen MR) is 202 cm³/mol. The quantitative estimate of drug-likeness (QED) is 0.220. The molecule has 2 amide bonds. The first kappa shape index (κ1) is 36.1. The second-order valence-electron chi connectivity index (χ2n) is 15.0. The summed E-state index contributed by atoms with van der Waals surface area (Å²) in [6, 6.07) is 15.5. The Kier molecular flexibility index (Phi) is 9.73. The van der Waals surface area contributed by atoms with Crippen molar-refractivity contribution in [3.05, 3.63) is 107 Å². The van der Waals surface area contributed by atoms with Crippen LogP contribution < -0.4 is 5.32 Å². The molecule has 0 radical (unpaired) electrons. The van der Waals surface area contributed by atoms with Crippen molar-refractivity contribution in [1.82, 2.24) is 24.1 Å². The first-order valence-electron chi connectivity index (χ1n) is 17.3. The van der Waals surface area contributed by atoms with Crippen molar-refractivity contribution in [3.63, 3.8) is 0 Å². The number of carbonyl (C=O) groups is 2. The first-order chi connectivity index (χ1) is 24.0. The highest BCUT2D eigenvalue weighted by atomic mass is 32.2. The Morgan fingerprint density at radius 3 is 2.49 bits per heavy atom. The van der Waals surface area contributed by atoms with Crippen LogP contribution in [0, 0.1) is 6.92 Å². The maximum Gasteiger partial charge on any atom is 0.407 e. The van der Waals surface area contributed by atoms with Gasteiger partial charge < -0.3 is 15.0 Å². The lowest BCUT2D eigenvalue weighted by molar-refractivity contribution is 0.0521. The molecule has 1 N–H and O–H groups in total. The Morgan fingerprint density at radius 2 is 1.78 bits per heavy atom. The first-order valence-corrected chi connectivity index (χ1v) is 18.7. The van der Waals surface area contributed by atoms with Gasteiger partial charge in [-0.25, -0.2) is 22.2 Å². The summed E-state index contributed by atoms with van der Waals surface area (Å²) in [7, 11) is -0.496. The highest BCUT2D eigenvalue weighted by molar-refractivity contribution is 7.91. The number of hydrogen-bond acceptors (Lipinski definition) is 7. The van der Waals surface area contributed by atoms with E-state index in [0.717, 1.165) is 47.2 Å². The Morgan fingerprint density at radius 1 is 1.04 bits per heavy atom. The number of allylic oxidation sites excluding steroid dienone is 3. The molecule has 2 aromatic heterocycles. The van der Waals surface area contributed by atoms with Crippen molar-refractivity contribution in [2.24, 2.45) is 0 Å². The van der Waals surface area contributed by atoms with E-state index in [1.165, 1.54) is 25.6 Å². The second kappa shape index (κ2) is 13.8. The van der Waals surface area contributed by atoms with Crippen LogP contribution in [0.3, 0.4) is 0 Å². The van der Waals surface area contributed by atoms with Crippen LogP contribution >= 0.6 is 0 Å². The molecule has 2 aliphatic rings. The average molecular weight is 710 g/mol. The molecule has 10 nitrogen and oxygen atoms in total. The fourth-order valence-electron chi connectivity index (χ4n) is 6.87. The van der Waals surface area contributed by atoms with E-state index in [-0.39, 0.29) is 12.3 Å². The van der Waals surface area contributed by atoms with Gasteiger partial charge in [-0.3, -0.25) is 9.69 Å². The van der Waals surface area contributed by atoms with Gasteiger partial charge in [0.15, 0.2) is 5.65 Å². The van der Waals surface area contributed by atoms with E-state index < -0.39 is 26.5 Å². The Bertz CT molecular complexity index is 2160. The van der Waals surface area contributed by atoms with Crippen LogP contribution in [0.5, 0.6) is 0 Å². The Hall–Kier alpha value is -4.74. The third-order valence-corrected chi connectivity index (χ3v) is 11.9. The smallest absolute Gasteiger partial charge is 0.407 e. The van der Waals surface area contributed by atoms with Gasteiger partial charge in [-0.2, -0.15) is 0 Å². The van der Waals surface area contributed by atoms with Crippen LogP contribution in [0.2, 0.25) is 0 Å². The van der Waals surface area contributed by atoms with Crippen LogP contribution in [0.4, 0.5) is 4.79 Å². The highest BCUT2D eigenvalue weighted by Crippen LogP contribution is 2.38. The standard InChI is InChI=1S/C40H47N5O5S/c1-27-21-32(23-34-26-44(18-15-35(27)34)20-17-41-38(47)50-39(2,3)4)33-22-30-14-19-45(36(30)42-25-33)51(48,49)40(5)16-8-9-31(24-40)28-10-12-29(13-11-28)37(46)43(6)7/h8-14,16,19,21-23,25H,15,17-18,20,24,26H2,1-7H3,(H,41,47). The summed E-state index contributed by atoms with van der Waals surface area (Å²) in [6.07, 6.45) is 9.60. The summed E-state index contributed by atoms with van der Waals surface area (Å²) in [5, 5.41) is 3.59. The van der Waals surface area contributed by atoms with Crippen LogP contribution in [0.25, 0.3) is 27.7 Å². The zero-order chi connectivity index (χ0) is 36.7. The summed E-state index contributed by atoms with van der Waals surface area (Å²) in [4.78, 5) is 33.0. The number of pyridine rings is 1. The highest BCUT2D eigenvalue weighted by Gasteiger charge is 2.41. The van der Waals surface area contributed by atoms with E-state index in [4.69, 9.17) is 9.72 Å². The summed E-state index contributed by atoms with van der Waals surface area (Å²) in [5.41, 5.74) is 7.93. The molecule has 1 atom stereocenters. The second-order valence-corrected chi connectivity index (χ2v) is 17.2. The van der Waals surface area contributed by atoms with Gasteiger partial charge in [-0.15, -0.1) is 0 Å². The number of aromatic nitrogens is 2. The summed E-state index contributed by atoms with van der Waals surface area (Å²) in [6.45, 7) is 12.3. The number of hydrogen-bond donors (Lipinski definition) is 1. The van der Waals surface area contributed by atoms with Crippen LogP contribution in [-0.2, 0) is 27.7 Å². The van der Waals surface area contributed by atoms with E-state index in [1.807, 2.05) is 45.0 Å². The normalized spacial score (nSPS) is 17.9. The number of alkyl carbamates (subject to hydrolysis) is 1. The Labute approximate surface area is 300 Å². The van der Waals surface area contributed by atoms with E-state index in [2.05, 4.69) is 29.3 Å². The van der Waals surface area contributed by atoms with Crippen molar-refractivity contribution in [2.45, 2.75) is 64.4 Å². The molecule has 2 aromatic carbocycles. The van der Waals surface area contributed by atoms with Crippen molar-refractivity contribution in [3.8, 4) is 11.1 Å². The number of carbonyl (C=O) groups excluding carboxylic acids is 2. The molecule has 0 saturated carbocycles. The number of amides is 2. The monoisotopic (exact) mass is 709 g/mol. The van der Waals surface area contributed by atoms with Gasteiger partial charge >= 0.3 is 6.09 Å². The predicted octanol–water partition coefficient (Wildman–Crippen LogP) is 6.58. The fraction of sp³-hybridized carbons (Fsp3) is 0.375. The third kappa shape index (κ3) is 7.50. The number of nitrogens with zero attached hydrogens (tertiary/aromatic N) is 4. The number of nitrogens with one attached hydrogen (secondary N) is 1. The third-order valence-electron chi connectivity index (χ3n) is 9.61. The van der Waals surface area contributed by atoms with Gasteiger partial charge in [-0.1, -0.05) is 36.4 Å². The Balaban J connectivity index is 1.19. The topological polar surface area (TPSA) is 114 Å². The van der Waals surface area contributed by atoms with Gasteiger partial charge in [-0.05, 0) is 111 Å². The molecule has 0 fully saturated rings. The van der Waals surface area contributed by atoms with Crippen molar-refractivity contribution < 1.29 is 22.7 Å². The molecule has 3 heterocycles. The number of aryl methyl sites for hydroxylation is 1. The molecule has 6 rings (SSSR count). The summed E-state index contributed by atoms with van der Waals surface area (Å²) < 4.78 is 34.1. The molecule has 0 spiro atoms. The molecule has 0 bridgehead atoms. The molecule has 51 heavy (non-hydrogen) atoms. The maximum atomic E-state index is 14.3. The van der Waals surface area contributed by atoms with Crippen molar-refractivity contribution >= 4 is 38.6 Å². The molecule has 1 aliphatic heterocycles. The largest absolute Gasteiger partial charge is 0.444 e. The van der Waals surface area contributed by atoms with Crippen molar-refractivity contribution in [2.75, 3.05) is 33.7 Å². The van der Waals surface area contributed by atoms with Gasteiger partial charge in [0.1, 0.15) is 10.3 Å². The molecule has 1 aliphatic carbocycles. The number of benzene rings is 2. The van der Waals surface area contributed by atoms with Gasteiger partial charge in [0.05, 0.1) is 0 Å². The van der Waals surface area contributed by atoms with E-state index >= 15 is 0 Å². The van der Waals surface area contributed by atoms with Gasteiger partial charge in [0.2, 0.25) is 10.0 Å². The molecule has 1 unspecified atom stereocenters. The molecular formula is C40H47N5O5S. The molecule has 4 aromatic rings. The number of fused-ring (bicyclic) bond motifs is 2. The number of rotatable bonds is 8. The number of ether oxygens (including phenoxy) is 1. The van der Waals surface area contributed by atoms with Crippen LogP contribution in [-0.4, -0.2) is 83.3 Å². The molecule has 0 saturated heterocycles. The minimum absolute atomic E-state index is 0.0865. The molecular weight excluding hydrogens is 663 g/mol. The zero-order valence-corrected chi connectivity index (χ0v) is 31.3. The minimum atomic E-state index is -3.92. The average Bonchev–Trinajstić information content (AvgIpc) is 3.51. The van der Waals surface area contributed by atoms with E-state index in [0.29, 0.717) is 24.3 Å². The van der Waals surface area contributed by atoms with Crippen molar-refractivity contribution in [1.29, 1.82) is 0 Å². The minimum Gasteiger partial charge on any atom is -0.444 e. The van der Waals surface area contributed by atoms with E-state index in [1.54, 1.807) is 63.8 Å². The van der Waals surface area contributed by atoms with Crippen LogP contribution in [0.1, 0.15) is 66.7 Å². The molecule has 268 valence electrons. The van der Waals surface area contributed by atoms with Gasteiger partial charge in [0, 0.05) is 69.2 Å². The lowest BCUT2D eigenvalue weighted by Crippen LogP contribution is -2.39. The zero-order valence-electron chi connectivity index (χ0n) is 30.5. The fourth-order valence-corrected chi connectivity index (χ4v) is 8.51.